The minimum absolute atomic E-state index is 0.213. The van der Waals surface area contributed by atoms with Gasteiger partial charge in [0.15, 0.2) is 0 Å². The van der Waals surface area contributed by atoms with E-state index >= 15 is 0 Å². The molecule has 1 heterocycles. The summed E-state index contributed by atoms with van der Waals surface area (Å²) in [5.74, 6) is 0.635. The largest absolute Gasteiger partial charge is 0.326 e. The molecule has 0 amide bonds. The molecule has 3 unspecified atom stereocenters. The molecule has 0 bridgehead atoms. The van der Waals surface area contributed by atoms with E-state index in [0.29, 0.717) is 12.0 Å². The van der Waals surface area contributed by atoms with Crippen molar-refractivity contribution in [3.05, 3.63) is 0 Å². The van der Waals surface area contributed by atoms with Gasteiger partial charge in [-0.15, -0.1) is 0 Å². The van der Waals surface area contributed by atoms with Crippen LogP contribution in [-0.4, -0.2) is 29.6 Å². The molecule has 0 aliphatic carbocycles. The molecule has 2 nitrogen and oxygen atoms in total. The topological polar surface area (TPSA) is 29.3 Å². The molecule has 16 heavy (non-hydrogen) atoms. The fraction of sp³-hybridized carbons (Fsp3) is 1.00. The van der Waals surface area contributed by atoms with Crippen LogP contribution in [0.25, 0.3) is 0 Å². The summed E-state index contributed by atoms with van der Waals surface area (Å²) in [5.41, 5.74) is 6.74. The van der Waals surface area contributed by atoms with E-state index in [1.54, 1.807) is 0 Å². The lowest BCUT2D eigenvalue weighted by Gasteiger charge is -2.45. The average molecular weight is 226 g/mol. The minimum atomic E-state index is 0.213. The van der Waals surface area contributed by atoms with Gasteiger partial charge in [0.25, 0.3) is 0 Å². The number of hydrogen-bond donors (Lipinski definition) is 1. The second-order valence-corrected chi connectivity index (χ2v) is 5.70. The average Bonchev–Trinajstić information content (AvgIpc) is 2.81. The molecule has 0 aromatic heterocycles. The first-order chi connectivity index (χ1) is 7.56. The smallest absolute Gasteiger partial charge is 0.0332 e. The van der Waals surface area contributed by atoms with Crippen LogP contribution in [0.1, 0.15) is 59.8 Å². The summed E-state index contributed by atoms with van der Waals surface area (Å²) in [5, 5.41) is 0. The second-order valence-electron chi connectivity index (χ2n) is 5.70. The van der Waals surface area contributed by atoms with E-state index in [9.17, 15) is 0 Å². The lowest BCUT2D eigenvalue weighted by atomic mass is 9.79. The van der Waals surface area contributed by atoms with Crippen LogP contribution >= 0.6 is 0 Å². The number of nitrogens with two attached hydrogens (primary N) is 1. The van der Waals surface area contributed by atoms with Gasteiger partial charge in [0.05, 0.1) is 0 Å². The van der Waals surface area contributed by atoms with Crippen molar-refractivity contribution in [2.24, 2.45) is 11.7 Å². The van der Waals surface area contributed by atoms with Gasteiger partial charge in [0.2, 0.25) is 0 Å². The highest BCUT2D eigenvalue weighted by molar-refractivity contribution is 4.98. The highest BCUT2D eigenvalue weighted by Crippen LogP contribution is 2.31. The third-order valence-corrected chi connectivity index (χ3v) is 4.62. The summed E-state index contributed by atoms with van der Waals surface area (Å²) in [4.78, 5) is 2.63. The van der Waals surface area contributed by atoms with Crippen molar-refractivity contribution in [3.8, 4) is 0 Å². The van der Waals surface area contributed by atoms with Gasteiger partial charge in [-0.2, -0.15) is 0 Å². The second kappa shape index (κ2) is 6.02. The molecular weight excluding hydrogens is 196 g/mol. The quantitative estimate of drug-likeness (QED) is 0.754. The van der Waals surface area contributed by atoms with Gasteiger partial charge >= 0.3 is 0 Å². The fourth-order valence-electron chi connectivity index (χ4n) is 3.15. The van der Waals surface area contributed by atoms with Crippen LogP contribution in [0.4, 0.5) is 0 Å². The van der Waals surface area contributed by atoms with Gasteiger partial charge < -0.3 is 5.73 Å². The first kappa shape index (κ1) is 14.0. The van der Waals surface area contributed by atoms with Crippen molar-refractivity contribution in [1.82, 2.24) is 4.90 Å². The molecule has 0 saturated carbocycles. The molecule has 1 aliphatic rings. The predicted molar refractivity (Wildman–Crippen MR) is 71.6 cm³/mol. The van der Waals surface area contributed by atoms with Gasteiger partial charge in [0, 0.05) is 11.6 Å². The summed E-state index contributed by atoms with van der Waals surface area (Å²) in [6.45, 7) is 11.7. The monoisotopic (exact) mass is 226 g/mol. The zero-order valence-corrected chi connectivity index (χ0v) is 11.6. The Labute approximate surface area is 102 Å². The van der Waals surface area contributed by atoms with Crippen molar-refractivity contribution >= 4 is 0 Å². The number of nitrogens with zero attached hydrogens (tertiary/aromatic N) is 1. The third kappa shape index (κ3) is 2.78. The Hall–Kier alpha value is -0.0800. The molecule has 1 rings (SSSR count). The molecule has 0 aromatic rings. The Bertz CT molecular complexity index is 199. The maximum Gasteiger partial charge on any atom is 0.0332 e. The standard InChI is InChI=1S/C14H30N2/c1-5-9-12(3)13(15)14(4,6-2)16-10-7-8-11-16/h12-13H,5-11,15H2,1-4H3. The van der Waals surface area contributed by atoms with Gasteiger partial charge in [-0.25, -0.2) is 0 Å². The Kier molecular flexibility index (Phi) is 5.26. The molecule has 0 spiro atoms. The van der Waals surface area contributed by atoms with Gasteiger partial charge in [-0.3, -0.25) is 4.90 Å². The molecule has 2 N–H and O–H groups in total. The summed E-state index contributed by atoms with van der Waals surface area (Å²) in [6, 6.07) is 0.315. The van der Waals surface area contributed by atoms with E-state index in [4.69, 9.17) is 5.73 Å². The van der Waals surface area contributed by atoms with E-state index in [2.05, 4.69) is 32.6 Å². The lowest BCUT2D eigenvalue weighted by Crippen LogP contribution is -2.59. The van der Waals surface area contributed by atoms with Crippen molar-refractivity contribution in [3.63, 3.8) is 0 Å². The molecule has 0 radical (unpaired) electrons. The van der Waals surface area contributed by atoms with Crippen molar-refractivity contribution in [1.29, 1.82) is 0 Å². The van der Waals surface area contributed by atoms with Crippen LogP contribution in [0.5, 0.6) is 0 Å². The maximum atomic E-state index is 6.53. The van der Waals surface area contributed by atoms with Gasteiger partial charge in [-0.1, -0.05) is 27.2 Å². The number of likely N-dealkylation sites (tertiary alicyclic amines) is 1. The molecule has 3 atom stereocenters. The van der Waals surface area contributed by atoms with Crippen LogP contribution in [0.2, 0.25) is 0 Å². The normalized spacial score (nSPS) is 25.3. The summed E-state index contributed by atoms with van der Waals surface area (Å²) < 4.78 is 0. The zero-order chi connectivity index (χ0) is 12.2. The fourth-order valence-corrected chi connectivity index (χ4v) is 3.15. The maximum absolute atomic E-state index is 6.53. The zero-order valence-electron chi connectivity index (χ0n) is 11.6. The summed E-state index contributed by atoms with van der Waals surface area (Å²) in [6.07, 6.45) is 6.37. The SMILES string of the molecule is CCCC(C)C(N)C(C)(CC)N1CCCC1. The Morgan fingerprint density at radius 1 is 1.25 bits per heavy atom. The van der Waals surface area contributed by atoms with E-state index in [-0.39, 0.29) is 5.54 Å². The van der Waals surface area contributed by atoms with E-state index in [1.807, 2.05) is 0 Å². The van der Waals surface area contributed by atoms with Crippen molar-refractivity contribution in [2.75, 3.05) is 13.1 Å². The van der Waals surface area contributed by atoms with Crippen LogP contribution in [0, 0.1) is 5.92 Å². The van der Waals surface area contributed by atoms with Crippen LogP contribution in [0.3, 0.4) is 0 Å². The predicted octanol–water partition coefficient (Wildman–Crippen LogP) is 3.01. The van der Waals surface area contributed by atoms with E-state index < -0.39 is 0 Å². The Morgan fingerprint density at radius 3 is 2.25 bits per heavy atom. The molecule has 1 fully saturated rings. The van der Waals surface area contributed by atoms with Gasteiger partial charge in [-0.05, 0) is 51.6 Å². The third-order valence-electron chi connectivity index (χ3n) is 4.62. The van der Waals surface area contributed by atoms with Crippen LogP contribution in [-0.2, 0) is 0 Å². The number of hydrogen-bond acceptors (Lipinski definition) is 2. The molecule has 96 valence electrons. The molecule has 2 heteroatoms. The molecule has 0 aromatic carbocycles. The Balaban J connectivity index is 2.69. The molecular formula is C14H30N2. The van der Waals surface area contributed by atoms with Crippen molar-refractivity contribution in [2.45, 2.75) is 71.4 Å². The number of rotatable bonds is 6. The highest BCUT2D eigenvalue weighted by atomic mass is 15.2. The van der Waals surface area contributed by atoms with Gasteiger partial charge in [0.1, 0.15) is 0 Å². The van der Waals surface area contributed by atoms with E-state index in [0.717, 1.165) is 0 Å². The van der Waals surface area contributed by atoms with Crippen molar-refractivity contribution < 1.29 is 0 Å². The lowest BCUT2D eigenvalue weighted by molar-refractivity contribution is 0.0766. The Morgan fingerprint density at radius 2 is 1.81 bits per heavy atom. The highest BCUT2D eigenvalue weighted by Gasteiger charge is 2.39. The van der Waals surface area contributed by atoms with Crippen LogP contribution < -0.4 is 5.73 Å². The first-order valence-corrected chi connectivity index (χ1v) is 7.06. The summed E-state index contributed by atoms with van der Waals surface area (Å²) in [7, 11) is 0. The van der Waals surface area contributed by atoms with E-state index in [1.165, 1.54) is 45.2 Å². The van der Waals surface area contributed by atoms with Crippen LogP contribution in [0.15, 0.2) is 0 Å². The molecule has 1 saturated heterocycles. The first-order valence-electron chi connectivity index (χ1n) is 7.06. The molecule has 1 aliphatic heterocycles. The minimum Gasteiger partial charge on any atom is -0.326 e. The summed E-state index contributed by atoms with van der Waals surface area (Å²) >= 11 is 0.